The lowest BCUT2D eigenvalue weighted by Crippen LogP contribution is -2.32. The van der Waals surface area contributed by atoms with E-state index in [0.29, 0.717) is 35.2 Å². The van der Waals surface area contributed by atoms with E-state index in [1.807, 2.05) is 12.3 Å². The number of rotatable bonds is 4. The fourth-order valence-corrected chi connectivity index (χ4v) is 3.50. The highest BCUT2D eigenvalue weighted by Crippen LogP contribution is 2.34. The number of aryl methyl sites for hydroxylation is 1. The number of nitrogens with one attached hydrogen (secondary N) is 1. The summed E-state index contributed by atoms with van der Waals surface area (Å²) in [5, 5.41) is 15.0. The van der Waals surface area contributed by atoms with Gasteiger partial charge in [0, 0.05) is 36.0 Å². The summed E-state index contributed by atoms with van der Waals surface area (Å²) < 4.78 is 26.6. The Labute approximate surface area is 149 Å². The van der Waals surface area contributed by atoms with Crippen LogP contribution in [-0.4, -0.2) is 26.9 Å². The summed E-state index contributed by atoms with van der Waals surface area (Å²) in [5.41, 5.74) is 1.48. The molecule has 1 aliphatic carbocycles. The maximum Gasteiger partial charge on any atom is 0.248 e. The fourth-order valence-electron chi connectivity index (χ4n) is 2.77. The first kappa shape index (κ1) is 17.7. The Bertz CT molecular complexity index is 789. The van der Waals surface area contributed by atoms with E-state index in [-0.39, 0.29) is 24.8 Å². The Hall–Kier alpha value is -2.14. The Morgan fingerprint density at radius 1 is 1.32 bits per heavy atom. The van der Waals surface area contributed by atoms with Crippen LogP contribution in [0.4, 0.5) is 14.6 Å². The van der Waals surface area contributed by atoms with Crippen LogP contribution in [0, 0.1) is 18.3 Å². The highest BCUT2D eigenvalue weighted by molar-refractivity contribution is 7.13. The number of aromatic nitrogens is 3. The van der Waals surface area contributed by atoms with Crippen LogP contribution in [0.15, 0.2) is 11.4 Å². The molecule has 132 valence electrons. The Morgan fingerprint density at radius 2 is 2.04 bits per heavy atom. The van der Waals surface area contributed by atoms with Gasteiger partial charge in [0.1, 0.15) is 5.82 Å². The monoisotopic (exact) mass is 363 g/mol. The van der Waals surface area contributed by atoms with Crippen LogP contribution >= 0.6 is 11.3 Å². The van der Waals surface area contributed by atoms with Crippen molar-refractivity contribution in [3.8, 4) is 16.9 Å². The lowest BCUT2D eigenvalue weighted by atomic mass is 9.92. The second-order valence-electron chi connectivity index (χ2n) is 6.42. The van der Waals surface area contributed by atoms with Crippen LogP contribution in [0.2, 0.25) is 0 Å². The van der Waals surface area contributed by atoms with Crippen molar-refractivity contribution in [2.45, 2.75) is 57.4 Å². The van der Waals surface area contributed by atoms with E-state index in [4.69, 9.17) is 0 Å². The molecule has 5 nitrogen and oxygen atoms in total. The quantitative estimate of drug-likeness (QED) is 0.864. The zero-order valence-corrected chi connectivity index (χ0v) is 14.9. The molecule has 1 saturated carbocycles. The van der Waals surface area contributed by atoms with Gasteiger partial charge in [-0.15, -0.1) is 11.3 Å². The molecule has 2 heterocycles. The molecule has 1 fully saturated rings. The summed E-state index contributed by atoms with van der Waals surface area (Å²) in [7, 11) is 0. The molecule has 3 rings (SSSR count). The minimum absolute atomic E-state index is 0.0503. The van der Waals surface area contributed by atoms with Crippen molar-refractivity contribution in [2.75, 3.05) is 5.32 Å². The van der Waals surface area contributed by atoms with Crippen molar-refractivity contribution in [1.29, 1.82) is 5.26 Å². The number of alkyl halides is 2. The van der Waals surface area contributed by atoms with E-state index in [2.05, 4.69) is 26.3 Å². The third kappa shape index (κ3) is 4.28. The maximum atomic E-state index is 13.3. The number of nitrogens with zero attached hydrogens (tertiary/aromatic N) is 4. The third-order valence-corrected chi connectivity index (χ3v) is 5.22. The van der Waals surface area contributed by atoms with Gasteiger partial charge in [-0.2, -0.15) is 5.26 Å². The van der Waals surface area contributed by atoms with Crippen molar-refractivity contribution >= 4 is 17.2 Å². The van der Waals surface area contributed by atoms with E-state index in [1.165, 1.54) is 11.3 Å². The molecular formula is C17H19F2N5S. The van der Waals surface area contributed by atoms with Gasteiger partial charge in [0.2, 0.25) is 5.92 Å². The molecule has 0 radical (unpaired) electrons. The van der Waals surface area contributed by atoms with Gasteiger partial charge in [-0.25, -0.2) is 23.7 Å². The first-order valence-corrected chi connectivity index (χ1v) is 9.10. The van der Waals surface area contributed by atoms with Crippen LogP contribution < -0.4 is 5.32 Å². The molecule has 2 aromatic heterocycles. The normalized spacial score (nSPS) is 18.5. The molecule has 1 aliphatic rings. The van der Waals surface area contributed by atoms with Gasteiger partial charge in [-0.1, -0.05) is 0 Å². The number of hydrogen-bond acceptors (Lipinski definition) is 6. The molecule has 25 heavy (non-hydrogen) atoms. The predicted octanol–water partition coefficient (Wildman–Crippen LogP) is 4.53. The van der Waals surface area contributed by atoms with Crippen molar-refractivity contribution in [1.82, 2.24) is 15.0 Å². The molecule has 0 aliphatic heterocycles. The van der Waals surface area contributed by atoms with Crippen molar-refractivity contribution in [3.05, 3.63) is 22.8 Å². The number of anilines is 1. The lowest BCUT2D eigenvalue weighted by molar-refractivity contribution is -0.0361. The maximum absolute atomic E-state index is 13.3. The minimum Gasteiger partial charge on any atom is -0.367 e. The van der Waals surface area contributed by atoms with Gasteiger partial charge in [0.25, 0.3) is 0 Å². The number of thiazole rings is 1. The summed E-state index contributed by atoms with van der Waals surface area (Å²) in [6, 6.07) is 3.85. The second-order valence-corrected chi connectivity index (χ2v) is 7.28. The average Bonchev–Trinajstić information content (AvgIpc) is 3.02. The molecule has 0 aromatic carbocycles. The van der Waals surface area contributed by atoms with E-state index < -0.39 is 5.92 Å². The molecule has 1 N–H and O–H groups in total. The van der Waals surface area contributed by atoms with Crippen molar-refractivity contribution in [2.24, 2.45) is 0 Å². The predicted molar refractivity (Wildman–Crippen MR) is 92.7 cm³/mol. The van der Waals surface area contributed by atoms with Gasteiger partial charge >= 0.3 is 0 Å². The average molecular weight is 363 g/mol. The van der Waals surface area contributed by atoms with E-state index in [9.17, 15) is 14.0 Å². The summed E-state index contributed by atoms with van der Waals surface area (Å²) in [5.74, 6) is -1.93. The molecule has 0 amide bonds. The zero-order chi connectivity index (χ0) is 18.0. The molecule has 8 heteroatoms. The van der Waals surface area contributed by atoms with Crippen LogP contribution in [0.1, 0.15) is 49.9 Å². The molecule has 0 spiro atoms. The third-order valence-electron chi connectivity index (χ3n) is 4.26. The highest BCUT2D eigenvalue weighted by atomic mass is 32.1. The van der Waals surface area contributed by atoms with Gasteiger partial charge in [-0.05, 0) is 26.7 Å². The molecule has 0 bridgehead atoms. The van der Waals surface area contributed by atoms with E-state index in [0.717, 1.165) is 5.69 Å². The van der Waals surface area contributed by atoms with Crippen LogP contribution in [0.3, 0.4) is 0 Å². The van der Waals surface area contributed by atoms with Gasteiger partial charge < -0.3 is 5.32 Å². The van der Waals surface area contributed by atoms with Crippen molar-refractivity contribution in [3.63, 3.8) is 0 Å². The van der Waals surface area contributed by atoms with Gasteiger partial charge in [0.15, 0.2) is 10.8 Å². The lowest BCUT2D eigenvalue weighted by Gasteiger charge is -2.29. The number of hydrogen-bond donors (Lipinski definition) is 1. The van der Waals surface area contributed by atoms with Crippen LogP contribution in [0.5, 0.6) is 0 Å². The minimum atomic E-state index is -2.56. The molecule has 1 unspecified atom stereocenters. The first-order valence-electron chi connectivity index (χ1n) is 8.22. The van der Waals surface area contributed by atoms with Crippen LogP contribution in [0.25, 0.3) is 10.8 Å². The Morgan fingerprint density at radius 3 is 2.64 bits per heavy atom. The first-order chi connectivity index (χ1) is 11.9. The summed E-state index contributed by atoms with van der Waals surface area (Å²) in [4.78, 5) is 13.3. The zero-order valence-electron chi connectivity index (χ0n) is 14.1. The molecular weight excluding hydrogens is 344 g/mol. The summed E-state index contributed by atoms with van der Waals surface area (Å²) in [6.07, 6.45) is 0.559. The molecule has 1 atom stereocenters. The smallest absolute Gasteiger partial charge is 0.248 e. The molecule has 0 saturated heterocycles. The van der Waals surface area contributed by atoms with Crippen molar-refractivity contribution < 1.29 is 8.78 Å². The van der Waals surface area contributed by atoms with Gasteiger partial charge in [-0.3, -0.25) is 0 Å². The fraction of sp³-hybridized carbons (Fsp3) is 0.529. The highest BCUT2D eigenvalue weighted by Gasteiger charge is 2.35. The standard InChI is InChI=1S/C17H19F2N5S/c1-10(8-20)13-7-14(22-12-3-5-17(18,19)6-4-12)24-15(23-13)16-21-11(2)9-25-16/h7,9-10,12H,3-6H2,1-2H3,(H,22,23,24). The number of halogens is 2. The Balaban J connectivity index is 1.86. The topological polar surface area (TPSA) is 74.5 Å². The van der Waals surface area contributed by atoms with Crippen LogP contribution in [-0.2, 0) is 0 Å². The van der Waals surface area contributed by atoms with E-state index in [1.54, 1.807) is 13.0 Å². The Kier molecular flexibility index (Phi) is 4.95. The second kappa shape index (κ2) is 7.00. The SMILES string of the molecule is Cc1csc(-c2nc(NC3CCC(F)(F)CC3)cc(C(C)C#N)n2)n1. The largest absolute Gasteiger partial charge is 0.367 e. The number of nitriles is 1. The van der Waals surface area contributed by atoms with Gasteiger partial charge in [0.05, 0.1) is 17.7 Å². The summed E-state index contributed by atoms with van der Waals surface area (Å²) >= 11 is 1.44. The summed E-state index contributed by atoms with van der Waals surface area (Å²) in [6.45, 7) is 3.66. The van der Waals surface area contributed by atoms with E-state index >= 15 is 0 Å². The molecule has 2 aromatic rings.